The highest BCUT2D eigenvalue weighted by atomic mass is 32.2. The number of carbonyl (C=O) groups is 1. The van der Waals surface area contributed by atoms with Crippen molar-refractivity contribution in [3.63, 3.8) is 0 Å². The highest BCUT2D eigenvalue weighted by Gasteiger charge is 2.26. The number of hydrogen-bond donors (Lipinski definition) is 2. The van der Waals surface area contributed by atoms with E-state index in [1.54, 1.807) is 28.6 Å². The molecule has 1 heterocycles. The number of halogens is 1. The van der Waals surface area contributed by atoms with Crippen LogP contribution in [0.25, 0.3) is 0 Å². The number of thioether (sulfide) groups is 1. The van der Waals surface area contributed by atoms with Gasteiger partial charge in [0.15, 0.2) is 5.82 Å². The van der Waals surface area contributed by atoms with Crippen molar-refractivity contribution in [1.82, 2.24) is 25.5 Å². The van der Waals surface area contributed by atoms with Crippen molar-refractivity contribution in [2.24, 2.45) is 0 Å². The SMILES string of the molecule is CCCCn1nnnc1C(NC(CC(=O)O)c1ccc(F)cc1)c1ccc(SC)cc1. The Labute approximate surface area is 185 Å². The topological polar surface area (TPSA) is 92.9 Å². The minimum atomic E-state index is -0.955. The summed E-state index contributed by atoms with van der Waals surface area (Å²) in [7, 11) is 0. The summed E-state index contributed by atoms with van der Waals surface area (Å²) in [5.74, 6) is -0.711. The predicted molar refractivity (Wildman–Crippen MR) is 117 cm³/mol. The Morgan fingerprint density at radius 3 is 2.45 bits per heavy atom. The first-order chi connectivity index (χ1) is 15.0. The first-order valence-corrected chi connectivity index (χ1v) is 11.4. The summed E-state index contributed by atoms with van der Waals surface area (Å²) in [6.45, 7) is 2.76. The van der Waals surface area contributed by atoms with Gasteiger partial charge in [0.25, 0.3) is 0 Å². The normalized spacial score (nSPS) is 13.1. The maximum atomic E-state index is 13.4. The lowest BCUT2D eigenvalue weighted by atomic mass is 9.99. The number of aromatic nitrogens is 4. The number of aryl methyl sites for hydroxylation is 1. The summed E-state index contributed by atoms with van der Waals surface area (Å²) in [5.41, 5.74) is 1.60. The van der Waals surface area contributed by atoms with Crippen molar-refractivity contribution < 1.29 is 14.3 Å². The van der Waals surface area contributed by atoms with Gasteiger partial charge in [-0.25, -0.2) is 9.07 Å². The molecule has 0 spiro atoms. The zero-order valence-electron chi connectivity index (χ0n) is 17.5. The Kier molecular flexibility index (Phi) is 8.13. The van der Waals surface area contributed by atoms with E-state index in [-0.39, 0.29) is 12.2 Å². The highest BCUT2D eigenvalue weighted by molar-refractivity contribution is 7.98. The van der Waals surface area contributed by atoms with E-state index in [9.17, 15) is 14.3 Å². The fourth-order valence-electron chi connectivity index (χ4n) is 3.35. The van der Waals surface area contributed by atoms with E-state index in [4.69, 9.17) is 0 Å². The summed E-state index contributed by atoms with van der Waals surface area (Å²) >= 11 is 1.64. The van der Waals surface area contributed by atoms with E-state index < -0.39 is 18.1 Å². The van der Waals surface area contributed by atoms with Gasteiger partial charge in [0, 0.05) is 17.5 Å². The fourth-order valence-corrected chi connectivity index (χ4v) is 3.75. The molecule has 1 aromatic heterocycles. The second kappa shape index (κ2) is 11.0. The van der Waals surface area contributed by atoms with Gasteiger partial charge in [-0.3, -0.25) is 10.1 Å². The molecule has 0 aliphatic heterocycles. The molecule has 0 aliphatic carbocycles. The van der Waals surface area contributed by atoms with Gasteiger partial charge in [-0.05, 0) is 58.5 Å². The third-order valence-electron chi connectivity index (χ3n) is 5.01. The summed E-state index contributed by atoms with van der Waals surface area (Å²) in [6, 6.07) is 12.9. The molecule has 2 N–H and O–H groups in total. The average molecular weight is 444 g/mol. The minimum Gasteiger partial charge on any atom is -0.481 e. The zero-order valence-corrected chi connectivity index (χ0v) is 18.3. The third-order valence-corrected chi connectivity index (χ3v) is 5.75. The Bertz CT molecular complexity index is 978. The monoisotopic (exact) mass is 443 g/mol. The Morgan fingerprint density at radius 2 is 1.84 bits per heavy atom. The van der Waals surface area contributed by atoms with Crippen LogP contribution in [0, 0.1) is 5.82 Å². The average Bonchev–Trinajstić information content (AvgIpc) is 3.24. The number of tetrazole rings is 1. The number of unbranched alkanes of at least 4 members (excludes halogenated alkanes) is 1. The van der Waals surface area contributed by atoms with E-state index >= 15 is 0 Å². The van der Waals surface area contributed by atoms with Crippen molar-refractivity contribution in [2.45, 2.75) is 49.7 Å². The summed E-state index contributed by atoms with van der Waals surface area (Å²) < 4.78 is 15.2. The van der Waals surface area contributed by atoms with Crippen molar-refractivity contribution in [2.75, 3.05) is 6.26 Å². The number of nitrogens with one attached hydrogen (secondary N) is 1. The zero-order chi connectivity index (χ0) is 22.2. The summed E-state index contributed by atoms with van der Waals surface area (Å²) in [5, 5.41) is 25.2. The number of carboxylic acids is 1. The van der Waals surface area contributed by atoms with Crippen LogP contribution in [-0.2, 0) is 11.3 Å². The molecule has 164 valence electrons. The lowest BCUT2D eigenvalue weighted by molar-refractivity contribution is -0.137. The van der Waals surface area contributed by atoms with E-state index in [1.165, 1.54) is 12.1 Å². The van der Waals surface area contributed by atoms with Gasteiger partial charge in [-0.15, -0.1) is 16.9 Å². The smallest absolute Gasteiger partial charge is 0.305 e. The molecule has 7 nitrogen and oxygen atoms in total. The van der Waals surface area contributed by atoms with Gasteiger partial charge in [0.05, 0.1) is 12.5 Å². The lowest BCUT2D eigenvalue weighted by Crippen LogP contribution is -2.31. The van der Waals surface area contributed by atoms with Crippen LogP contribution in [0.1, 0.15) is 55.2 Å². The van der Waals surface area contributed by atoms with Crippen LogP contribution in [-0.4, -0.2) is 37.5 Å². The molecular weight excluding hydrogens is 417 g/mol. The van der Waals surface area contributed by atoms with Crippen LogP contribution >= 0.6 is 11.8 Å². The van der Waals surface area contributed by atoms with E-state index in [1.807, 2.05) is 30.5 Å². The van der Waals surface area contributed by atoms with Gasteiger partial charge in [0.1, 0.15) is 5.82 Å². The second-order valence-electron chi connectivity index (χ2n) is 7.19. The number of aliphatic carboxylic acids is 1. The Balaban J connectivity index is 2.00. The van der Waals surface area contributed by atoms with E-state index in [0.29, 0.717) is 17.9 Å². The molecule has 0 bridgehead atoms. The van der Waals surface area contributed by atoms with Crippen LogP contribution < -0.4 is 5.32 Å². The molecule has 0 aliphatic rings. The number of hydrogen-bond acceptors (Lipinski definition) is 6. The van der Waals surface area contributed by atoms with Crippen LogP contribution in [0.2, 0.25) is 0 Å². The predicted octanol–water partition coefficient (Wildman–Crippen LogP) is 4.23. The van der Waals surface area contributed by atoms with Crippen molar-refractivity contribution in [3.8, 4) is 0 Å². The molecule has 2 aromatic carbocycles. The van der Waals surface area contributed by atoms with Gasteiger partial charge in [-0.2, -0.15) is 0 Å². The number of benzene rings is 2. The molecule has 0 fully saturated rings. The fraction of sp³-hybridized carbons (Fsp3) is 0.364. The molecule has 3 aromatic rings. The molecule has 9 heteroatoms. The third kappa shape index (κ3) is 6.11. The van der Waals surface area contributed by atoms with Crippen molar-refractivity contribution in [1.29, 1.82) is 0 Å². The van der Waals surface area contributed by atoms with E-state index in [0.717, 1.165) is 23.3 Å². The molecule has 31 heavy (non-hydrogen) atoms. The number of carboxylic acid groups (broad SMARTS) is 1. The van der Waals surface area contributed by atoms with Crippen LogP contribution in [0.3, 0.4) is 0 Å². The summed E-state index contributed by atoms with van der Waals surface area (Å²) in [4.78, 5) is 12.7. The Hall–Kier alpha value is -2.78. The molecule has 0 saturated carbocycles. The molecule has 3 rings (SSSR count). The van der Waals surface area contributed by atoms with Gasteiger partial charge in [-0.1, -0.05) is 37.6 Å². The van der Waals surface area contributed by atoms with Gasteiger partial charge < -0.3 is 5.11 Å². The van der Waals surface area contributed by atoms with Crippen LogP contribution in [0.5, 0.6) is 0 Å². The van der Waals surface area contributed by atoms with Crippen molar-refractivity contribution >= 4 is 17.7 Å². The maximum absolute atomic E-state index is 13.4. The van der Waals surface area contributed by atoms with Gasteiger partial charge >= 0.3 is 5.97 Å². The molecule has 0 saturated heterocycles. The van der Waals surface area contributed by atoms with E-state index in [2.05, 4.69) is 27.8 Å². The van der Waals surface area contributed by atoms with Crippen molar-refractivity contribution in [3.05, 3.63) is 71.3 Å². The van der Waals surface area contributed by atoms with Crippen LogP contribution in [0.15, 0.2) is 53.4 Å². The first kappa shape index (κ1) is 22.9. The number of rotatable bonds is 11. The largest absolute Gasteiger partial charge is 0.481 e. The number of nitrogens with zero attached hydrogens (tertiary/aromatic N) is 4. The molecule has 2 atom stereocenters. The molecular formula is C22H26FN5O2S. The lowest BCUT2D eigenvalue weighted by Gasteiger charge is -2.25. The minimum absolute atomic E-state index is 0.165. The molecule has 2 unspecified atom stereocenters. The molecule has 0 radical (unpaired) electrons. The highest BCUT2D eigenvalue weighted by Crippen LogP contribution is 2.28. The second-order valence-corrected chi connectivity index (χ2v) is 8.07. The standard InChI is InChI=1S/C22H26FN5O2S/c1-3-4-13-28-22(25-26-27-28)21(16-7-11-18(31-2)12-8-16)24-19(14-20(29)30)15-5-9-17(23)10-6-15/h5-12,19,21,24H,3-4,13-14H2,1-2H3,(H,29,30). The molecule has 0 amide bonds. The Morgan fingerprint density at radius 1 is 1.16 bits per heavy atom. The maximum Gasteiger partial charge on any atom is 0.305 e. The van der Waals surface area contributed by atoms with Gasteiger partial charge in [0.2, 0.25) is 0 Å². The summed E-state index contributed by atoms with van der Waals surface area (Å²) in [6.07, 6.45) is 3.76. The first-order valence-electron chi connectivity index (χ1n) is 10.1. The van der Waals surface area contributed by atoms with Crippen LogP contribution in [0.4, 0.5) is 4.39 Å². The quantitative estimate of drug-likeness (QED) is 0.428.